The van der Waals surface area contributed by atoms with Crippen LogP contribution in [-0.4, -0.2) is 38.6 Å². The molecule has 0 saturated heterocycles. The Morgan fingerprint density at radius 1 is 0.783 bits per heavy atom. The number of hydrogen-bond acceptors (Lipinski definition) is 9. The number of aromatic nitrogens is 5. The fourth-order valence-corrected chi connectivity index (χ4v) is 4.73. The van der Waals surface area contributed by atoms with E-state index in [1.54, 1.807) is 0 Å². The van der Waals surface area contributed by atoms with E-state index in [0.717, 1.165) is 30.8 Å². The molecule has 0 saturated carbocycles. The zero-order valence-corrected chi connectivity index (χ0v) is 23.3. The van der Waals surface area contributed by atoms with Crippen LogP contribution in [-0.2, 0) is 18.8 Å². The van der Waals surface area contributed by atoms with Crippen LogP contribution in [0.2, 0.25) is 0 Å². The van der Waals surface area contributed by atoms with Crippen molar-refractivity contribution in [2.45, 2.75) is 18.8 Å². The van der Waals surface area contributed by atoms with Crippen LogP contribution in [0.4, 0.5) is 59.9 Å². The summed E-state index contributed by atoms with van der Waals surface area (Å²) in [5, 5.41) is 0. The lowest BCUT2D eigenvalue weighted by molar-refractivity contribution is -0.144. The van der Waals surface area contributed by atoms with Crippen molar-refractivity contribution in [3.63, 3.8) is 0 Å². The summed E-state index contributed by atoms with van der Waals surface area (Å²) in [6, 6.07) is 3.46. The molecule has 4 aromatic heterocycles. The molecule has 0 spiro atoms. The van der Waals surface area contributed by atoms with Crippen molar-refractivity contribution in [2.24, 2.45) is 0 Å². The van der Waals surface area contributed by atoms with E-state index < -0.39 is 76.7 Å². The quantitative estimate of drug-likeness (QED) is 0.154. The SMILES string of the molecule is COc1cc(CCN(c2nc(C(F)(F)F)c(F)c(F)c2F)c2ncnc3scnc23)ccc1Oc1c(F)cnc(C(F)(F)F)c1F. The maximum absolute atomic E-state index is 15.0. The summed E-state index contributed by atoms with van der Waals surface area (Å²) in [5.41, 5.74) is -2.88. The standard InChI is InChI=1S/C26H13F11N6O2S/c1-44-13-6-10(2-3-12(13)45-19-11(27)7-38-20(17(19)31)25(32,33)34)4-5-43(23-18-24(40-8-39-23)46-9-41-18)22-16(30)14(28)15(29)21(42-22)26(35,36)37/h2-3,6-9H,4-5H2,1H3. The molecule has 0 amide bonds. The van der Waals surface area contributed by atoms with Crippen molar-refractivity contribution < 1.29 is 57.8 Å². The van der Waals surface area contributed by atoms with Gasteiger partial charge < -0.3 is 14.4 Å². The van der Waals surface area contributed by atoms with Crippen LogP contribution in [0.3, 0.4) is 0 Å². The summed E-state index contributed by atoms with van der Waals surface area (Å²) in [6.45, 7) is -0.512. The molecule has 46 heavy (non-hydrogen) atoms. The number of ether oxygens (including phenoxy) is 2. The van der Waals surface area contributed by atoms with Gasteiger partial charge in [-0.2, -0.15) is 30.7 Å². The fourth-order valence-electron chi connectivity index (χ4n) is 4.10. The van der Waals surface area contributed by atoms with Crippen molar-refractivity contribution in [1.29, 1.82) is 0 Å². The van der Waals surface area contributed by atoms with Crippen LogP contribution in [0.15, 0.2) is 36.2 Å². The van der Waals surface area contributed by atoms with Gasteiger partial charge in [0.25, 0.3) is 0 Å². The molecule has 0 N–H and O–H groups in total. The minimum atomic E-state index is -5.52. The zero-order valence-electron chi connectivity index (χ0n) is 22.4. The maximum Gasteiger partial charge on any atom is 0.436 e. The minimum Gasteiger partial charge on any atom is -0.493 e. The molecule has 0 aliphatic rings. The number of alkyl halides is 6. The first kappa shape index (κ1) is 32.5. The van der Waals surface area contributed by atoms with Crippen LogP contribution in [0.25, 0.3) is 10.3 Å². The van der Waals surface area contributed by atoms with Gasteiger partial charge in [-0.15, -0.1) is 11.3 Å². The highest BCUT2D eigenvalue weighted by Gasteiger charge is 2.41. The first-order chi connectivity index (χ1) is 21.6. The highest BCUT2D eigenvalue weighted by molar-refractivity contribution is 7.16. The van der Waals surface area contributed by atoms with Crippen LogP contribution in [0.5, 0.6) is 17.2 Å². The Bertz CT molecular complexity index is 1930. The molecule has 8 nitrogen and oxygen atoms in total. The van der Waals surface area contributed by atoms with Gasteiger partial charge in [-0.25, -0.2) is 42.5 Å². The predicted molar refractivity (Wildman–Crippen MR) is 137 cm³/mol. The zero-order chi connectivity index (χ0) is 33.6. The van der Waals surface area contributed by atoms with Crippen LogP contribution >= 0.6 is 11.3 Å². The number of nitrogens with zero attached hydrogens (tertiary/aromatic N) is 6. The molecule has 0 radical (unpaired) electrons. The summed E-state index contributed by atoms with van der Waals surface area (Å²) in [4.78, 5) is 18.6. The number of methoxy groups -OCH3 is 1. The molecule has 0 bridgehead atoms. The Hall–Kier alpha value is -4.88. The molecular weight excluding hydrogens is 669 g/mol. The third kappa shape index (κ3) is 6.15. The summed E-state index contributed by atoms with van der Waals surface area (Å²) in [5.74, 6) is -14.5. The molecule has 0 fully saturated rings. The highest BCUT2D eigenvalue weighted by atomic mass is 32.1. The first-order valence-corrected chi connectivity index (χ1v) is 13.2. The van der Waals surface area contributed by atoms with E-state index in [9.17, 15) is 43.9 Å². The number of benzene rings is 1. The molecule has 0 aliphatic carbocycles. The molecule has 4 heterocycles. The van der Waals surface area contributed by atoms with Gasteiger partial charge in [-0.1, -0.05) is 6.07 Å². The second kappa shape index (κ2) is 12.1. The van der Waals surface area contributed by atoms with E-state index >= 15 is 4.39 Å². The maximum atomic E-state index is 15.0. The predicted octanol–water partition coefficient (Wildman–Crippen LogP) is 7.79. The summed E-state index contributed by atoms with van der Waals surface area (Å²) < 4.78 is 162. The highest BCUT2D eigenvalue weighted by Crippen LogP contribution is 2.40. The largest absolute Gasteiger partial charge is 0.493 e. The van der Waals surface area contributed by atoms with Crippen molar-refractivity contribution >= 4 is 33.3 Å². The fraction of sp³-hybridized carbons (Fsp3) is 0.192. The number of thiazole rings is 1. The number of halogens is 11. The Balaban J connectivity index is 1.53. The minimum absolute atomic E-state index is 0.0343. The average Bonchev–Trinajstić information content (AvgIpc) is 3.48. The smallest absolute Gasteiger partial charge is 0.436 e. The number of fused-ring (bicyclic) bond motifs is 1. The van der Waals surface area contributed by atoms with E-state index in [1.165, 1.54) is 17.6 Å². The van der Waals surface area contributed by atoms with Crippen molar-refractivity contribution in [3.05, 3.63) is 82.3 Å². The summed E-state index contributed by atoms with van der Waals surface area (Å²) >= 11 is 0.990. The lowest BCUT2D eigenvalue weighted by Crippen LogP contribution is -2.27. The second-order valence-electron chi connectivity index (χ2n) is 9.01. The normalized spacial score (nSPS) is 12.1. The topological polar surface area (TPSA) is 86.2 Å². The van der Waals surface area contributed by atoms with Crippen molar-refractivity contribution in [1.82, 2.24) is 24.9 Å². The van der Waals surface area contributed by atoms with Gasteiger partial charge in [-0.3, -0.25) is 0 Å². The van der Waals surface area contributed by atoms with Crippen LogP contribution in [0.1, 0.15) is 17.0 Å². The molecule has 5 aromatic rings. The lowest BCUT2D eigenvalue weighted by Gasteiger charge is -2.25. The van der Waals surface area contributed by atoms with Gasteiger partial charge >= 0.3 is 12.4 Å². The van der Waals surface area contributed by atoms with Crippen LogP contribution in [0, 0.1) is 29.1 Å². The summed E-state index contributed by atoms with van der Waals surface area (Å²) in [6.07, 6.45) is -9.95. The molecule has 0 aliphatic heterocycles. The average molecular weight is 682 g/mol. The van der Waals surface area contributed by atoms with E-state index in [2.05, 4.69) is 24.9 Å². The van der Waals surface area contributed by atoms with Gasteiger partial charge in [0.1, 0.15) is 16.7 Å². The van der Waals surface area contributed by atoms with E-state index in [0.29, 0.717) is 4.90 Å². The molecule has 0 unspecified atom stereocenters. The monoisotopic (exact) mass is 682 g/mol. The van der Waals surface area contributed by atoms with E-state index in [-0.39, 0.29) is 40.1 Å². The first-order valence-electron chi connectivity index (χ1n) is 12.3. The summed E-state index contributed by atoms with van der Waals surface area (Å²) in [7, 11) is 1.08. The number of anilines is 2. The number of hydrogen-bond donors (Lipinski definition) is 0. The van der Waals surface area contributed by atoms with Crippen LogP contribution < -0.4 is 14.4 Å². The third-order valence-electron chi connectivity index (χ3n) is 6.17. The Labute approximate surface area is 253 Å². The third-order valence-corrected chi connectivity index (χ3v) is 6.90. The molecule has 242 valence electrons. The molecule has 5 rings (SSSR count). The Morgan fingerprint density at radius 2 is 1.50 bits per heavy atom. The van der Waals surface area contributed by atoms with Gasteiger partial charge in [-0.05, 0) is 24.1 Å². The van der Waals surface area contributed by atoms with Crippen molar-refractivity contribution in [3.8, 4) is 17.2 Å². The van der Waals surface area contributed by atoms with Crippen molar-refractivity contribution in [2.75, 3.05) is 18.6 Å². The molecule has 0 atom stereocenters. The van der Waals surface area contributed by atoms with Gasteiger partial charge in [0.2, 0.25) is 17.4 Å². The molecule has 1 aromatic carbocycles. The van der Waals surface area contributed by atoms with Gasteiger partial charge in [0.05, 0.1) is 18.8 Å². The number of rotatable bonds is 8. The Morgan fingerprint density at radius 3 is 2.17 bits per heavy atom. The second-order valence-corrected chi connectivity index (χ2v) is 9.84. The number of pyridine rings is 2. The van der Waals surface area contributed by atoms with Gasteiger partial charge in [0.15, 0.2) is 52.0 Å². The molecule has 20 heteroatoms. The van der Waals surface area contributed by atoms with Gasteiger partial charge in [0, 0.05) is 6.54 Å². The van der Waals surface area contributed by atoms with E-state index in [4.69, 9.17) is 9.47 Å². The lowest BCUT2D eigenvalue weighted by atomic mass is 10.1. The Kier molecular flexibility index (Phi) is 8.58. The van der Waals surface area contributed by atoms with E-state index in [1.807, 2.05) is 0 Å². The molecular formula is C26H13F11N6O2S.